The summed E-state index contributed by atoms with van der Waals surface area (Å²) in [4.78, 5) is 2.20. The average molecular weight is 263 g/mol. The molecular formula is C12H20Cl2N2. The SMILES string of the molecule is CN(Cc1cccc(Cl)c1)CC(C)(C)N.Cl. The molecule has 0 unspecified atom stereocenters. The van der Waals surface area contributed by atoms with E-state index in [4.69, 9.17) is 17.3 Å². The summed E-state index contributed by atoms with van der Waals surface area (Å²) >= 11 is 5.92. The van der Waals surface area contributed by atoms with Gasteiger partial charge in [-0.2, -0.15) is 0 Å². The van der Waals surface area contributed by atoms with E-state index >= 15 is 0 Å². The summed E-state index contributed by atoms with van der Waals surface area (Å²) in [7, 11) is 2.06. The maximum absolute atomic E-state index is 5.95. The van der Waals surface area contributed by atoms with Gasteiger partial charge >= 0.3 is 0 Å². The topological polar surface area (TPSA) is 29.3 Å². The van der Waals surface area contributed by atoms with Gasteiger partial charge in [-0.25, -0.2) is 0 Å². The molecule has 0 saturated carbocycles. The van der Waals surface area contributed by atoms with Crippen molar-refractivity contribution >= 4 is 24.0 Å². The molecule has 0 radical (unpaired) electrons. The monoisotopic (exact) mass is 262 g/mol. The zero-order valence-electron chi connectivity index (χ0n) is 10.0. The molecule has 0 bridgehead atoms. The van der Waals surface area contributed by atoms with Gasteiger partial charge in [0.1, 0.15) is 0 Å². The molecular weight excluding hydrogens is 243 g/mol. The van der Waals surface area contributed by atoms with Crippen molar-refractivity contribution in [1.82, 2.24) is 4.90 Å². The van der Waals surface area contributed by atoms with E-state index in [1.807, 2.05) is 32.0 Å². The van der Waals surface area contributed by atoms with Crippen LogP contribution >= 0.6 is 24.0 Å². The van der Waals surface area contributed by atoms with Crippen molar-refractivity contribution in [3.8, 4) is 0 Å². The lowest BCUT2D eigenvalue weighted by molar-refractivity contribution is 0.263. The fraction of sp³-hybridized carbons (Fsp3) is 0.500. The highest BCUT2D eigenvalue weighted by Crippen LogP contribution is 2.12. The van der Waals surface area contributed by atoms with E-state index in [0.717, 1.165) is 18.1 Å². The van der Waals surface area contributed by atoms with Gasteiger partial charge in [-0.05, 0) is 38.6 Å². The Morgan fingerprint density at radius 2 is 2.00 bits per heavy atom. The summed E-state index contributed by atoms with van der Waals surface area (Å²) in [6, 6.07) is 7.92. The van der Waals surface area contributed by atoms with Crippen molar-refractivity contribution in [2.24, 2.45) is 5.73 Å². The molecule has 1 rings (SSSR count). The van der Waals surface area contributed by atoms with Crippen molar-refractivity contribution in [3.05, 3.63) is 34.9 Å². The molecule has 16 heavy (non-hydrogen) atoms. The lowest BCUT2D eigenvalue weighted by Gasteiger charge is -2.26. The number of hydrogen-bond donors (Lipinski definition) is 1. The van der Waals surface area contributed by atoms with Crippen LogP contribution in [0.25, 0.3) is 0 Å². The van der Waals surface area contributed by atoms with Crippen LogP contribution < -0.4 is 5.73 Å². The second-order valence-corrected chi connectivity index (χ2v) is 5.23. The lowest BCUT2D eigenvalue weighted by Crippen LogP contribution is -2.43. The molecule has 1 aromatic carbocycles. The van der Waals surface area contributed by atoms with Crippen LogP contribution in [-0.2, 0) is 6.54 Å². The van der Waals surface area contributed by atoms with Gasteiger partial charge in [0.05, 0.1) is 0 Å². The summed E-state index contributed by atoms with van der Waals surface area (Å²) in [5.41, 5.74) is 7.01. The van der Waals surface area contributed by atoms with E-state index in [1.54, 1.807) is 0 Å². The Kier molecular flexibility index (Phi) is 6.34. The maximum Gasteiger partial charge on any atom is 0.0409 e. The van der Waals surface area contributed by atoms with Gasteiger partial charge in [-0.1, -0.05) is 23.7 Å². The van der Waals surface area contributed by atoms with Gasteiger partial charge in [0, 0.05) is 23.7 Å². The zero-order valence-corrected chi connectivity index (χ0v) is 11.6. The molecule has 0 heterocycles. The van der Waals surface area contributed by atoms with Gasteiger partial charge in [-0.15, -0.1) is 12.4 Å². The molecule has 0 aliphatic rings. The summed E-state index contributed by atoms with van der Waals surface area (Å²) in [5, 5.41) is 0.785. The fourth-order valence-corrected chi connectivity index (χ4v) is 1.91. The summed E-state index contributed by atoms with van der Waals surface area (Å²) in [6.07, 6.45) is 0. The molecule has 1 aromatic rings. The standard InChI is InChI=1S/C12H19ClN2.ClH/c1-12(2,14)9-15(3)8-10-5-4-6-11(13)7-10;/h4-7H,8-9,14H2,1-3H3;1H. The summed E-state index contributed by atoms with van der Waals surface area (Å²) in [6.45, 7) is 5.80. The van der Waals surface area contributed by atoms with Gasteiger partial charge < -0.3 is 10.6 Å². The normalized spacial score (nSPS) is 11.4. The second-order valence-electron chi connectivity index (χ2n) is 4.79. The number of likely N-dealkylation sites (N-methyl/N-ethyl adjacent to an activating group) is 1. The van der Waals surface area contributed by atoms with E-state index in [2.05, 4.69) is 18.0 Å². The highest BCUT2D eigenvalue weighted by molar-refractivity contribution is 6.30. The van der Waals surface area contributed by atoms with Crippen LogP contribution in [0.15, 0.2) is 24.3 Å². The Labute approximate surface area is 109 Å². The molecule has 0 aliphatic carbocycles. The Morgan fingerprint density at radius 1 is 1.38 bits per heavy atom. The smallest absolute Gasteiger partial charge is 0.0409 e. The van der Waals surface area contributed by atoms with Crippen LogP contribution in [0, 0.1) is 0 Å². The van der Waals surface area contributed by atoms with E-state index < -0.39 is 0 Å². The van der Waals surface area contributed by atoms with Crippen LogP contribution in [0.2, 0.25) is 5.02 Å². The van der Waals surface area contributed by atoms with Gasteiger partial charge in [0.25, 0.3) is 0 Å². The molecule has 2 N–H and O–H groups in total. The minimum absolute atomic E-state index is 0. The molecule has 0 aliphatic heterocycles. The molecule has 0 fully saturated rings. The van der Waals surface area contributed by atoms with Gasteiger partial charge in [0.15, 0.2) is 0 Å². The van der Waals surface area contributed by atoms with Gasteiger partial charge in [0.2, 0.25) is 0 Å². The largest absolute Gasteiger partial charge is 0.324 e. The third-order valence-corrected chi connectivity index (χ3v) is 2.25. The Bertz CT molecular complexity index is 321. The number of hydrogen-bond acceptors (Lipinski definition) is 2. The van der Waals surface area contributed by atoms with E-state index in [0.29, 0.717) is 0 Å². The van der Waals surface area contributed by atoms with Crippen LogP contribution in [0.5, 0.6) is 0 Å². The molecule has 4 heteroatoms. The molecule has 0 spiro atoms. The fourth-order valence-electron chi connectivity index (χ4n) is 1.70. The molecule has 0 aromatic heterocycles. The highest BCUT2D eigenvalue weighted by atomic mass is 35.5. The van der Waals surface area contributed by atoms with Crippen molar-refractivity contribution in [1.29, 1.82) is 0 Å². The number of nitrogens with zero attached hydrogens (tertiary/aromatic N) is 1. The summed E-state index contributed by atoms with van der Waals surface area (Å²) in [5.74, 6) is 0. The minimum atomic E-state index is -0.159. The first-order valence-electron chi connectivity index (χ1n) is 5.09. The molecule has 2 nitrogen and oxygen atoms in total. The van der Waals surface area contributed by atoms with Gasteiger partial charge in [-0.3, -0.25) is 0 Å². The van der Waals surface area contributed by atoms with E-state index in [1.165, 1.54) is 5.56 Å². The first kappa shape index (κ1) is 15.7. The van der Waals surface area contributed by atoms with Crippen LogP contribution in [-0.4, -0.2) is 24.0 Å². The van der Waals surface area contributed by atoms with Crippen molar-refractivity contribution in [3.63, 3.8) is 0 Å². The Hall–Kier alpha value is -0.280. The Morgan fingerprint density at radius 3 is 2.50 bits per heavy atom. The first-order chi connectivity index (χ1) is 6.87. The predicted molar refractivity (Wildman–Crippen MR) is 73.3 cm³/mol. The van der Waals surface area contributed by atoms with Crippen molar-refractivity contribution in [2.45, 2.75) is 25.9 Å². The highest BCUT2D eigenvalue weighted by Gasteiger charge is 2.13. The molecule has 92 valence electrons. The van der Waals surface area contributed by atoms with E-state index in [-0.39, 0.29) is 17.9 Å². The first-order valence-corrected chi connectivity index (χ1v) is 5.46. The third-order valence-electron chi connectivity index (χ3n) is 2.02. The number of rotatable bonds is 4. The minimum Gasteiger partial charge on any atom is -0.324 e. The summed E-state index contributed by atoms with van der Waals surface area (Å²) < 4.78 is 0. The lowest BCUT2D eigenvalue weighted by atomic mass is 10.1. The second kappa shape index (κ2) is 6.45. The van der Waals surface area contributed by atoms with Crippen molar-refractivity contribution in [2.75, 3.05) is 13.6 Å². The maximum atomic E-state index is 5.95. The number of halogens is 2. The van der Waals surface area contributed by atoms with Crippen molar-refractivity contribution < 1.29 is 0 Å². The van der Waals surface area contributed by atoms with Crippen LogP contribution in [0.3, 0.4) is 0 Å². The van der Waals surface area contributed by atoms with Crippen LogP contribution in [0.4, 0.5) is 0 Å². The quantitative estimate of drug-likeness (QED) is 0.905. The molecule has 0 atom stereocenters. The van der Waals surface area contributed by atoms with E-state index in [9.17, 15) is 0 Å². The van der Waals surface area contributed by atoms with Crippen LogP contribution in [0.1, 0.15) is 19.4 Å². The number of benzene rings is 1. The Balaban J connectivity index is 0.00000225. The molecule has 0 saturated heterocycles. The molecule has 0 amide bonds. The predicted octanol–water partition coefficient (Wildman–Crippen LogP) is 2.93. The number of nitrogens with two attached hydrogens (primary N) is 1. The zero-order chi connectivity index (χ0) is 11.5. The average Bonchev–Trinajstić information content (AvgIpc) is 1.99. The third kappa shape index (κ3) is 6.33.